The first-order valence-corrected chi connectivity index (χ1v) is 9.46. The predicted octanol–water partition coefficient (Wildman–Crippen LogP) is 3.78. The van der Waals surface area contributed by atoms with Crippen LogP contribution in [0.5, 0.6) is 0 Å². The van der Waals surface area contributed by atoms with Crippen LogP contribution in [0.2, 0.25) is 0 Å². The lowest BCUT2D eigenvalue weighted by molar-refractivity contribution is -0.384. The summed E-state index contributed by atoms with van der Waals surface area (Å²) < 4.78 is 1.53. The second-order valence-corrected chi connectivity index (χ2v) is 7.26. The molecule has 2 aromatic carbocycles. The molecule has 0 radical (unpaired) electrons. The van der Waals surface area contributed by atoms with Crippen molar-refractivity contribution >= 4 is 22.6 Å². The van der Waals surface area contributed by atoms with Crippen molar-refractivity contribution in [3.8, 4) is 5.69 Å². The quantitative estimate of drug-likeness (QED) is 0.374. The number of H-pyrrole nitrogens is 1. The number of carbonyl (C=O) groups excluding carboxylic acids is 1. The summed E-state index contributed by atoms with van der Waals surface area (Å²) >= 11 is 0. The van der Waals surface area contributed by atoms with Gasteiger partial charge in [-0.05, 0) is 30.2 Å². The lowest BCUT2D eigenvalue weighted by atomic mass is 10.0. The Hall–Kier alpha value is -4.01. The van der Waals surface area contributed by atoms with Crippen molar-refractivity contribution in [2.45, 2.75) is 19.9 Å². The van der Waals surface area contributed by atoms with Crippen LogP contribution in [0, 0.1) is 16.0 Å². The molecule has 4 aromatic rings. The van der Waals surface area contributed by atoms with Crippen LogP contribution in [0.15, 0.2) is 61.2 Å². The minimum absolute atomic E-state index is 0.0507. The van der Waals surface area contributed by atoms with Gasteiger partial charge in [-0.15, -0.1) is 0 Å². The van der Waals surface area contributed by atoms with E-state index in [1.165, 1.54) is 23.2 Å². The molecular weight excluding hydrogens is 384 g/mol. The van der Waals surface area contributed by atoms with Crippen molar-refractivity contribution in [3.63, 3.8) is 0 Å². The molecule has 30 heavy (non-hydrogen) atoms. The van der Waals surface area contributed by atoms with Gasteiger partial charge in [0.25, 0.3) is 11.6 Å². The number of carbonyl (C=O) groups is 1. The van der Waals surface area contributed by atoms with Crippen molar-refractivity contribution < 1.29 is 9.72 Å². The highest BCUT2D eigenvalue weighted by molar-refractivity contribution is 5.95. The van der Waals surface area contributed by atoms with Gasteiger partial charge in [0.05, 0.1) is 28.3 Å². The number of hydrogen-bond acceptors (Lipinski definition) is 5. The molecule has 1 unspecified atom stereocenters. The standard InChI is InChI=1S/C21H20N6O3/c1-13(2)19(20-23-15-5-3-4-6-16(15)24-20)25-21(28)14-7-8-17(18(11-14)27(29)30)26-10-9-22-12-26/h3-13,19H,1-2H3,(H,23,24)(H,25,28). The number of nitro groups is 1. The molecule has 0 aliphatic carbocycles. The third kappa shape index (κ3) is 3.64. The smallest absolute Gasteiger partial charge is 0.294 e. The van der Waals surface area contributed by atoms with Crippen LogP contribution in [0.3, 0.4) is 0 Å². The van der Waals surface area contributed by atoms with Gasteiger partial charge in [0.15, 0.2) is 0 Å². The molecule has 0 fully saturated rings. The Morgan fingerprint density at radius 2 is 2.03 bits per heavy atom. The molecule has 2 aromatic heterocycles. The largest absolute Gasteiger partial charge is 0.342 e. The van der Waals surface area contributed by atoms with Crippen molar-refractivity contribution in [1.82, 2.24) is 24.8 Å². The highest BCUT2D eigenvalue weighted by atomic mass is 16.6. The molecule has 9 nitrogen and oxygen atoms in total. The molecule has 2 N–H and O–H groups in total. The molecule has 152 valence electrons. The summed E-state index contributed by atoms with van der Waals surface area (Å²) in [5.41, 5.74) is 2.06. The van der Waals surface area contributed by atoms with E-state index in [-0.39, 0.29) is 23.2 Å². The Morgan fingerprint density at radius 1 is 1.23 bits per heavy atom. The van der Waals surface area contributed by atoms with E-state index < -0.39 is 10.8 Å². The number of aromatic amines is 1. The average Bonchev–Trinajstić information content (AvgIpc) is 3.40. The highest BCUT2D eigenvalue weighted by Gasteiger charge is 2.24. The Balaban J connectivity index is 1.64. The van der Waals surface area contributed by atoms with Crippen LogP contribution in [-0.2, 0) is 0 Å². The normalized spacial score (nSPS) is 12.2. The van der Waals surface area contributed by atoms with E-state index in [1.54, 1.807) is 18.3 Å². The number of para-hydroxylation sites is 2. The lowest BCUT2D eigenvalue weighted by Crippen LogP contribution is -2.32. The van der Waals surface area contributed by atoms with Crippen molar-refractivity contribution in [2.75, 3.05) is 0 Å². The summed E-state index contributed by atoms with van der Waals surface area (Å²) in [5, 5.41) is 14.5. The van der Waals surface area contributed by atoms with Crippen LogP contribution >= 0.6 is 0 Å². The summed E-state index contributed by atoms with van der Waals surface area (Å²) in [6.45, 7) is 3.95. The number of hydrogen-bond donors (Lipinski definition) is 2. The highest BCUT2D eigenvalue weighted by Crippen LogP contribution is 2.26. The Kier molecular flexibility index (Phi) is 5.01. The predicted molar refractivity (Wildman–Crippen MR) is 111 cm³/mol. The van der Waals surface area contributed by atoms with E-state index in [0.717, 1.165) is 11.0 Å². The third-order valence-corrected chi connectivity index (χ3v) is 4.87. The van der Waals surface area contributed by atoms with Gasteiger partial charge in [-0.3, -0.25) is 14.9 Å². The average molecular weight is 404 g/mol. The number of fused-ring (bicyclic) bond motifs is 1. The first-order valence-electron chi connectivity index (χ1n) is 9.46. The topological polar surface area (TPSA) is 119 Å². The number of nitrogens with one attached hydrogen (secondary N) is 2. The Bertz CT molecular complexity index is 1180. The van der Waals surface area contributed by atoms with Crippen LogP contribution in [0.1, 0.15) is 36.1 Å². The van der Waals surface area contributed by atoms with Gasteiger partial charge in [-0.25, -0.2) is 9.97 Å². The van der Waals surface area contributed by atoms with Crippen molar-refractivity contribution in [2.24, 2.45) is 5.92 Å². The maximum atomic E-state index is 12.9. The molecule has 0 aliphatic heterocycles. The van der Waals surface area contributed by atoms with Gasteiger partial charge < -0.3 is 14.9 Å². The van der Waals surface area contributed by atoms with Gasteiger partial charge in [0, 0.05) is 24.0 Å². The Morgan fingerprint density at radius 3 is 2.70 bits per heavy atom. The number of rotatable bonds is 6. The second kappa shape index (κ2) is 7.78. The minimum atomic E-state index is -0.509. The number of nitrogens with zero attached hydrogens (tertiary/aromatic N) is 4. The summed E-state index contributed by atoms with van der Waals surface area (Å²) in [4.78, 5) is 35.7. The molecule has 0 bridgehead atoms. The van der Waals surface area contributed by atoms with Gasteiger partial charge in [-0.1, -0.05) is 26.0 Å². The third-order valence-electron chi connectivity index (χ3n) is 4.87. The van der Waals surface area contributed by atoms with Gasteiger partial charge in [0.1, 0.15) is 11.5 Å². The first-order chi connectivity index (χ1) is 14.4. The number of nitro benzene ring substituents is 1. The number of aromatic nitrogens is 4. The van der Waals surface area contributed by atoms with E-state index in [4.69, 9.17) is 0 Å². The van der Waals surface area contributed by atoms with Crippen molar-refractivity contribution in [3.05, 3.63) is 82.7 Å². The fourth-order valence-corrected chi connectivity index (χ4v) is 3.33. The van der Waals surface area contributed by atoms with Crippen LogP contribution in [0.25, 0.3) is 16.7 Å². The van der Waals surface area contributed by atoms with Crippen LogP contribution < -0.4 is 5.32 Å². The molecule has 1 amide bonds. The molecule has 1 atom stereocenters. The van der Waals surface area contributed by atoms with E-state index >= 15 is 0 Å². The lowest BCUT2D eigenvalue weighted by Gasteiger charge is -2.20. The van der Waals surface area contributed by atoms with E-state index in [1.807, 2.05) is 38.1 Å². The zero-order chi connectivity index (χ0) is 21.3. The zero-order valence-electron chi connectivity index (χ0n) is 16.4. The van der Waals surface area contributed by atoms with Crippen LogP contribution in [-0.4, -0.2) is 30.3 Å². The van der Waals surface area contributed by atoms with Gasteiger partial charge in [-0.2, -0.15) is 0 Å². The molecule has 9 heteroatoms. The molecular formula is C21H20N6O3. The fraction of sp³-hybridized carbons (Fsp3) is 0.190. The van der Waals surface area contributed by atoms with E-state index in [9.17, 15) is 14.9 Å². The minimum Gasteiger partial charge on any atom is -0.342 e. The molecule has 2 heterocycles. The molecule has 0 spiro atoms. The monoisotopic (exact) mass is 404 g/mol. The van der Waals surface area contributed by atoms with Crippen molar-refractivity contribution in [1.29, 1.82) is 0 Å². The summed E-state index contributed by atoms with van der Waals surface area (Å²) in [6, 6.07) is 11.6. The molecule has 0 aliphatic rings. The Labute approximate surface area is 171 Å². The second-order valence-electron chi connectivity index (χ2n) is 7.26. The zero-order valence-corrected chi connectivity index (χ0v) is 16.4. The fourth-order valence-electron chi connectivity index (χ4n) is 3.33. The van der Waals surface area contributed by atoms with Gasteiger partial charge in [0.2, 0.25) is 0 Å². The number of benzene rings is 2. The van der Waals surface area contributed by atoms with Crippen LogP contribution in [0.4, 0.5) is 5.69 Å². The number of amides is 1. The summed E-state index contributed by atoms with van der Waals surface area (Å²) in [6.07, 6.45) is 4.61. The molecule has 0 saturated carbocycles. The number of imidazole rings is 2. The molecule has 4 rings (SSSR count). The van der Waals surface area contributed by atoms with E-state index in [2.05, 4.69) is 20.3 Å². The first kappa shape index (κ1) is 19.3. The maximum absolute atomic E-state index is 12.9. The SMILES string of the molecule is CC(C)C(NC(=O)c1ccc(-n2ccnc2)c([N+](=O)[O-])c1)c1nc2ccccc2[nH]1. The molecule has 0 saturated heterocycles. The van der Waals surface area contributed by atoms with E-state index in [0.29, 0.717) is 11.5 Å². The summed E-state index contributed by atoms with van der Waals surface area (Å²) in [7, 11) is 0. The van der Waals surface area contributed by atoms with Gasteiger partial charge >= 0.3 is 0 Å². The summed E-state index contributed by atoms with van der Waals surface area (Å²) in [5.74, 6) is 0.285. The maximum Gasteiger partial charge on any atom is 0.294 e.